The van der Waals surface area contributed by atoms with Crippen molar-refractivity contribution in [1.82, 2.24) is 10.2 Å². The molecule has 11 heteroatoms. The summed E-state index contributed by atoms with van der Waals surface area (Å²) in [5.41, 5.74) is 1.94. The van der Waals surface area contributed by atoms with Crippen LogP contribution in [0.3, 0.4) is 0 Å². The number of nitrogens with one attached hydrogen (secondary N) is 1. The van der Waals surface area contributed by atoms with E-state index in [4.69, 9.17) is 4.74 Å². The smallest absolute Gasteiger partial charge is 0.264 e. The molecule has 2 amide bonds. The highest BCUT2D eigenvalue weighted by Crippen LogP contribution is 2.28. The van der Waals surface area contributed by atoms with E-state index in [1.54, 1.807) is 36.4 Å². The van der Waals surface area contributed by atoms with Crippen LogP contribution in [0.15, 0.2) is 117 Å². The van der Waals surface area contributed by atoms with Crippen LogP contribution in [0, 0.1) is 0 Å². The Labute approximate surface area is 281 Å². The van der Waals surface area contributed by atoms with Crippen molar-refractivity contribution >= 4 is 59.4 Å². The van der Waals surface area contributed by atoms with Crippen molar-refractivity contribution in [3.8, 4) is 5.75 Å². The molecule has 45 heavy (non-hydrogen) atoms. The van der Waals surface area contributed by atoms with Gasteiger partial charge in [0.1, 0.15) is 18.3 Å². The van der Waals surface area contributed by atoms with E-state index < -0.39 is 28.5 Å². The van der Waals surface area contributed by atoms with Crippen LogP contribution in [0.4, 0.5) is 5.69 Å². The minimum atomic E-state index is -4.20. The van der Waals surface area contributed by atoms with Gasteiger partial charge in [-0.05, 0) is 85.6 Å². The van der Waals surface area contributed by atoms with Crippen LogP contribution in [0.2, 0.25) is 0 Å². The highest BCUT2D eigenvalue weighted by Gasteiger charge is 2.34. The molecule has 0 bridgehead atoms. The topological polar surface area (TPSA) is 96.0 Å². The van der Waals surface area contributed by atoms with Gasteiger partial charge in [-0.15, -0.1) is 0 Å². The lowest BCUT2D eigenvalue weighted by Crippen LogP contribution is -2.53. The molecule has 0 fully saturated rings. The number of anilines is 1. The van der Waals surface area contributed by atoms with E-state index in [0.717, 1.165) is 24.4 Å². The maximum atomic E-state index is 14.5. The van der Waals surface area contributed by atoms with E-state index in [0.29, 0.717) is 18.9 Å². The van der Waals surface area contributed by atoms with Crippen molar-refractivity contribution in [2.45, 2.75) is 37.8 Å². The maximum Gasteiger partial charge on any atom is 0.264 e. The normalized spacial score (nSPS) is 11.8. The maximum absolute atomic E-state index is 14.5. The largest absolute Gasteiger partial charge is 0.494 e. The molecule has 0 saturated heterocycles. The summed E-state index contributed by atoms with van der Waals surface area (Å²) in [6.45, 7) is 4.05. The number of ether oxygens (including phenoxy) is 1. The zero-order valence-corrected chi connectivity index (χ0v) is 29.0. The zero-order valence-electron chi connectivity index (χ0n) is 25.0. The van der Waals surface area contributed by atoms with Gasteiger partial charge in [-0.2, -0.15) is 0 Å². The second-order valence-electron chi connectivity index (χ2n) is 10.1. The highest BCUT2D eigenvalue weighted by molar-refractivity contribution is 9.10. The van der Waals surface area contributed by atoms with Crippen molar-refractivity contribution in [2.24, 2.45) is 0 Å². The minimum absolute atomic E-state index is 0.0236. The summed E-state index contributed by atoms with van der Waals surface area (Å²) in [5.74, 6) is -0.283. The molecule has 1 atom stereocenters. The van der Waals surface area contributed by atoms with Gasteiger partial charge < -0.3 is 15.0 Å². The third-order valence-corrected chi connectivity index (χ3v) is 9.79. The summed E-state index contributed by atoms with van der Waals surface area (Å²) in [5, 5.41) is 2.87. The summed E-state index contributed by atoms with van der Waals surface area (Å²) in [4.78, 5) is 29.5. The van der Waals surface area contributed by atoms with Gasteiger partial charge in [0.15, 0.2) is 0 Å². The van der Waals surface area contributed by atoms with Crippen molar-refractivity contribution in [3.63, 3.8) is 0 Å². The fourth-order valence-corrected chi connectivity index (χ4v) is 6.94. The fraction of sp³-hybridized carbons (Fsp3) is 0.235. The number of hydrogen-bond acceptors (Lipinski definition) is 5. The predicted octanol–water partition coefficient (Wildman–Crippen LogP) is 6.58. The Morgan fingerprint density at radius 2 is 1.49 bits per heavy atom. The van der Waals surface area contributed by atoms with E-state index in [2.05, 4.69) is 37.2 Å². The van der Waals surface area contributed by atoms with Gasteiger partial charge in [-0.1, -0.05) is 74.3 Å². The molecule has 236 valence electrons. The second kappa shape index (κ2) is 16.1. The second-order valence-corrected chi connectivity index (χ2v) is 13.8. The van der Waals surface area contributed by atoms with Crippen LogP contribution < -0.4 is 14.4 Å². The molecule has 0 radical (unpaired) electrons. The van der Waals surface area contributed by atoms with Gasteiger partial charge in [0, 0.05) is 28.5 Å². The van der Waals surface area contributed by atoms with Crippen molar-refractivity contribution in [3.05, 3.63) is 123 Å². The lowest BCUT2D eigenvalue weighted by atomic mass is 10.0. The number of sulfonamides is 1. The van der Waals surface area contributed by atoms with Gasteiger partial charge in [-0.25, -0.2) is 8.42 Å². The average Bonchev–Trinajstić information content (AvgIpc) is 3.03. The Balaban J connectivity index is 1.79. The minimum Gasteiger partial charge on any atom is -0.494 e. The number of amides is 2. The number of carbonyl (C=O) groups excluding carboxylic acids is 2. The Morgan fingerprint density at radius 3 is 2.11 bits per heavy atom. The number of nitrogens with zero attached hydrogens (tertiary/aromatic N) is 2. The molecule has 1 N–H and O–H groups in total. The number of benzene rings is 4. The summed E-state index contributed by atoms with van der Waals surface area (Å²) < 4.78 is 36.5. The van der Waals surface area contributed by atoms with Crippen LogP contribution >= 0.6 is 31.9 Å². The lowest BCUT2D eigenvalue weighted by Gasteiger charge is -2.34. The molecule has 4 aromatic carbocycles. The summed E-state index contributed by atoms with van der Waals surface area (Å²) >= 11 is 6.85. The first-order valence-corrected chi connectivity index (χ1v) is 17.5. The Morgan fingerprint density at radius 1 is 0.822 bits per heavy atom. The molecule has 4 rings (SSSR count). The summed E-state index contributed by atoms with van der Waals surface area (Å²) in [6, 6.07) is 28.8. The quantitative estimate of drug-likeness (QED) is 0.157. The van der Waals surface area contributed by atoms with E-state index >= 15 is 0 Å². The van der Waals surface area contributed by atoms with Gasteiger partial charge in [0.05, 0.1) is 17.2 Å². The molecule has 4 aromatic rings. The molecular formula is C34H35Br2N3O5S. The third kappa shape index (κ3) is 9.18. The van der Waals surface area contributed by atoms with Gasteiger partial charge in [-0.3, -0.25) is 13.9 Å². The standard InChI is InChI=1S/C34H35Br2N3O5S/c1-3-37-34(41)32(22-25-9-6-5-7-10-25)38(23-26-11-8-12-28(36)21-26)33(40)24-39(29-15-17-30(18-16-29)44-4-2)45(42,43)31-19-13-27(35)14-20-31/h5-21,32H,3-4,22-24H2,1-2H3,(H,37,41)/t32-/m0/s1. The van der Waals surface area contributed by atoms with Crippen LogP contribution in [0.5, 0.6) is 5.75 Å². The van der Waals surface area contributed by atoms with Gasteiger partial charge in [0.25, 0.3) is 10.0 Å². The van der Waals surface area contributed by atoms with Crippen LogP contribution in [-0.4, -0.2) is 50.9 Å². The van der Waals surface area contributed by atoms with Gasteiger partial charge in [0.2, 0.25) is 11.8 Å². The number of rotatable bonds is 14. The molecule has 0 saturated carbocycles. The predicted molar refractivity (Wildman–Crippen MR) is 184 cm³/mol. The molecule has 0 aliphatic rings. The van der Waals surface area contributed by atoms with E-state index in [-0.39, 0.29) is 29.5 Å². The first kappa shape index (κ1) is 34.2. The van der Waals surface area contributed by atoms with E-state index in [1.165, 1.54) is 17.0 Å². The zero-order chi connectivity index (χ0) is 32.4. The first-order valence-electron chi connectivity index (χ1n) is 14.5. The Hall–Kier alpha value is -3.67. The van der Waals surface area contributed by atoms with E-state index in [9.17, 15) is 18.0 Å². The Bertz CT molecular complexity index is 1690. The molecule has 0 unspecified atom stereocenters. The molecule has 8 nitrogen and oxygen atoms in total. The molecule has 0 aromatic heterocycles. The number of halogens is 2. The monoisotopic (exact) mass is 755 g/mol. The summed E-state index contributed by atoms with van der Waals surface area (Å²) in [6.07, 6.45) is 0.245. The van der Waals surface area contributed by atoms with Crippen molar-refractivity contribution in [2.75, 3.05) is 24.0 Å². The highest BCUT2D eigenvalue weighted by atomic mass is 79.9. The summed E-state index contributed by atoms with van der Waals surface area (Å²) in [7, 11) is -4.20. The van der Waals surface area contributed by atoms with Crippen molar-refractivity contribution in [1.29, 1.82) is 0 Å². The van der Waals surface area contributed by atoms with Gasteiger partial charge >= 0.3 is 0 Å². The van der Waals surface area contributed by atoms with Crippen LogP contribution in [0.25, 0.3) is 0 Å². The number of hydrogen-bond donors (Lipinski definition) is 1. The molecule has 0 aliphatic heterocycles. The first-order chi connectivity index (χ1) is 21.6. The third-order valence-electron chi connectivity index (χ3n) is 6.98. The molecule has 0 spiro atoms. The molecular weight excluding hydrogens is 722 g/mol. The van der Waals surface area contributed by atoms with Crippen molar-refractivity contribution < 1.29 is 22.7 Å². The molecule has 0 aliphatic carbocycles. The Kier molecular flexibility index (Phi) is 12.2. The SMILES string of the molecule is CCNC(=O)[C@H](Cc1ccccc1)N(Cc1cccc(Br)c1)C(=O)CN(c1ccc(OCC)cc1)S(=O)(=O)c1ccc(Br)cc1. The fourth-order valence-electron chi connectivity index (χ4n) is 4.82. The van der Waals surface area contributed by atoms with E-state index in [1.807, 2.05) is 68.4 Å². The number of likely N-dealkylation sites (N-methyl/N-ethyl adjacent to an activating group) is 1. The number of carbonyl (C=O) groups is 2. The lowest BCUT2D eigenvalue weighted by molar-refractivity contribution is -0.140. The van der Waals surface area contributed by atoms with Crippen LogP contribution in [-0.2, 0) is 32.6 Å². The van der Waals surface area contributed by atoms with Crippen LogP contribution in [0.1, 0.15) is 25.0 Å². The molecule has 0 heterocycles. The average molecular weight is 758 g/mol.